The van der Waals surface area contributed by atoms with E-state index in [1.54, 1.807) is 25.6 Å². The Hall–Kier alpha value is -3.15. The quantitative estimate of drug-likeness (QED) is 0.615. The van der Waals surface area contributed by atoms with E-state index in [1.165, 1.54) is 4.40 Å². The van der Waals surface area contributed by atoms with Gasteiger partial charge in [0.15, 0.2) is 5.65 Å². The van der Waals surface area contributed by atoms with Gasteiger partial charge in [-0.2, -0.15) is 0 Å². The van der Waals surface area contributed by atoms with Crippen LogP contribution < -0.4 is 10.4 Å². The molecule has 0 saturated carbocycles. The van der Waals surface area contributed by atoms with Crippen LogP contribution in [0.4, 0.5) is 0 Å². The van der Waals surface area contributed by atoms with Crippen LogP contribution in [-0.2, 0) is 0 Å². The maximum absolute atomic E-state index is 12.2. The third-order valence-electron chi connectivity index (χ3n) is 3.55. The average molecular weight is 292 g/mol. The molecule has 6 nitrogen and oxygen atoms in total. The van der Waals surface area contributed by atoms with Gasteiger partial charge in [-0.3, -0.25) is 4.98 Å². The van der Waals surface area contributed by atoms with E-state index in [9.17, 15) is 4.79 Å². The maximum Gasteiger partial charge on any atom is 0.331 e. The molecule has 0 fully saturated rings. The molecular weight excluding hydrogens is 280 g/mol. The molecule has 0 amide bonds. The Labute approximate surface area is 125 Å². The molecule has 0 unspecified atom stereocenters. The van der Waals surface area contributed by atoms with Gasteiger partial charge in [-0.25, -0.2) is 14.2 Å². The molecule has 22 heavy (non-hydrogen) atoms. The fraction of sp³-hybridized carbons (Fsp3) is 0.0625. The normalized spacial score (nSPS) is 11.1. The van der Waals surface area contributed by atoms with Gasteiger partial charge in [0.05, 0.1) is 18.3 Å². The van der Waals surface area contributed by atoms with Crippen LogP contribution in [0.15, 0.2) is 53.6 Å². The standard InChI is InChI=1S/C16H12N4O2/c1-22-11-5-2-4-10(8-11)13-9-20-15(18-13)14-12(19-16(20)21)6-3-7-17-14/h2-9H,1H3,(H,19,21). The molecule has 0 aliphatic heterocycles. The van der Waals surface area contributed by atoms with Gasteiger partial charge >= 0.3 is 5.69 Å². The number of hydrogen-bond acceptors (Lipinski definition) is 4. The topological polar surface area (TPSA) is 72.3 Å². The number of rotatable bonds is 2. The van der Waals surface area contributed by atoms with Crippen molar-refractivity contribution in [2.24, 2.45) is 0 Å². The third kappa shape index (κ3) is 1.85. The van der Waals surface area contributed by atoms with Crippen molar-refractivity contribution in [2.75, 3.05) is 7.11 Å². The summed E-state index contributed by atoms with van der Waals surface area (Å²) in [6.07, 6.45) is 3.39. The summed E-state index contributed by atoms with van der Waals surface area (Å²) in [5.41, 5.74) is 3.21. The molecule has 108 valence electrons. The summed E-state index contributed by atoms with van der Waals surface area (Å²) in [6, 6.07) is 11.1. The second-order valence-corrected chi connectivity index (χ2v) is 4.88. The number of pyridine rings is 1. The number of ether oxygens (including phenoxy) is 1. The highest BCUT2D eigenvalue weighted by Gasteiger charge is 2.11. The van der Waals surface area contributed by atoms with Gasteiger partial charge in [0.1, 0.15) is 11.3 Å². The first-order valence-electron chi connectivity index (χ1n) is 6.77. The highest BCUT2D eigenvalue weighted by atomic mass is 16.5. The summed E-state index contributed by atoms with van der Waals surface area (Å²) in [7, 11) is 1.62. The molecule has 6 heteroatoms. The first-order valence-corrected chi connectivity index (χ1v) is 6.77. The summed E-state index contributed by atoms with van der Waals surface area (Å²) in [6.45, 7) is 0. The van der Waals surface area contributed by atoms with Gasteiger partial charge in [-0.15, -0.1) is 0 Å². The van der Waals surface area contributed by atoms with Crippen LogP contribution in [0.2, 0.25) is 0 Å². The number of fused-ring (bicyclic) bond motifs is 3. The Bertz CT molecular complexity index is 1050. The maximum atomic E-state index is 12.2. The van der Waals surface area contributed by atoms with Gasteiger partial charge in [-0.1, -0.05) is 12.1 Å². The molecule has 0 atom stereocenters. The van der Waals surface area contributed by atoms with E-state index in [4.69, 9.17) is 4.74 Å². The molecule has 3 heterocycles. The van der Waals surface area contributed by atoms with Gasteiger partial charge in [0.25, 0.3) is 0 Å². The van der Waals surface area contributed by atoms with E-state index < -0.39 is 0 Å². The van der Waals surface area contributed by atoms with Crippen molar-refractivity contribution in [3.05, 3.63) is 59.3 Å². The number of imidazole rings is 1. The van der Waals surface area contributed by atoms with Crippen molar-refractivity contribution in [2.45, 2.75) is 0 Å². The van der Waals surface area contributed by atoms with Crippen LogP contribution >= 0.6 is 0 Å². The van der Waals surface area contributed by atoms with Crippen LogP contribution in [0, 0.1) is 0 Å². The Morgan fingerprint density at radius 3 is 3.00 bits per heavy atom. The third-order valence-corrected chi connectivity index (χ3v) is 3.55. The Morgan fingerprint density at radius 1 is 1.23 bits per heavy atom. The Morgan fingerprint density at radius 2 is 2.14 bits per heavy atom. The predicted octanol–water partition coefficient (Wildman–Crippen LogP) is 2.25. The average Bonchev–Trinajstić information content (AvgIpc) is 3.01. The second-order valence-electron chi connectivity index (χ2n) is 4.88. The molecule has 4 rings (SSSR count). The van der Waals surface area contributed by atoms with Crippen molar-refractivity contribution in [1.82, 2.24) is 19.4 Å². The van der Waals surface area contributed by atoms with Gasteiger partial charge in [0.2, 0.25) is 0 Å². The monoisotopic (exact) mass is 292 g/mol. The lowest BCUT2D eigenvalue weighted by Gasteiger charge is -2.00. The smallest absolute Gasteiger partial charge is 0.331 e. The van der Waals surface area contributed by atoms with E-state index in [1.807, 2.05) is 30.3 Å². The lowest BCUT2D eigenvalue weighted by Crippen LogP contribution is -2.15. The lowest BCUT2D eigenvalue weighted by molar-refractivity contribution is 0.415. The molecule has 1 N–H and O–H groups in total. The first-order chi connectivity index (χ1) is 10.8. The van der Waals surface area contributed by atoms with Crippen LogP contribution in [-0.4, -0.2) is 26.5 Å². The summed E-state index contributed by atoms with van der Waals surface area (Å²) in [4.78, 5) is 23.9. The zero-order valence-corrected chi connectivity index (χ0v) is 11.8. The number of nitrogens with zero attached hydrogens (tertiary/aromatic N) is 3. The van der Waals surface area contributed by atoms with Crippen molar-refractivity contribution >= 4 is 16.7 Å². The van der Waals surface area contributed by atoms with Crippen molar-refractivity contribution < 1.29 is 4.74 Å². The Balaban J connectivity index is 2.02. The van der Waals surface area contributed by atoms with Crippen molar-refractivity contribution in [3.63, 3.8) is 0 Å². The minimum Gasteiger partial charge on any atom is -0.497 e. The highest BCUT2D eigenvalue weighted by Crippen LogP contribution is 2.24. The van der Waals surface area contributed by atoms with E-state index in [-0.39, 0.29) is 5.69 Å². The molecule has 1 aromatic carbocycles. The molecule has 4 aromatic rings. The van der Waals surface area contributed by atoms with E-state index in [0.29, 0.717) is 22.4 Å². The number of aromatic nitrogens is 4. The van der Waals surface area contributed by atoms with E-state index in [2.05, 4.69) is 15.0 Å². The zero-order valence-electron chi connectivity index (χ0n) is 11.8. The molecular formula is C16H12N4O2. The first kappa shape index (κ1) is 12.6. The number of hydrogen-bond donors (Lipinski definition) is 1. The number of H-pyrrole nitrogens is 1. The number of methoxy groups -OCH3 is 1. The zero-order chi connectivity index (χ0) is 15.1. The van der Waals surface area contributed by atoms with Gasteiger partial charge < -0.3 is 9.72 Å². The summed E-state index contributed by atoms with van der Waals surface area (Å²) in [5.74, 6) is 0.742. The minimum atomic E-state index is -0.239. The SMILES string of the molecule is COc1cccc(-c2cn3c(=O)[nH]c4cccnc4c3n2)c1. The minimum absolute atomic E-state index is 0.239. The van der Waals surface area contributed by atoms with Crippen LogP contribution in [0.5, 0.6) is 5.75 Å². The fourth-order valence-electron chi connectivity index (χ4n) is 2.48. The van der Waals surface area contributed by atoms with Gasteiger partial charge in [0, 0.05) is 18.0 Å². The number of aromatic amines is 1. The fourth-order valence-corrected chi connectivity index (χ4v) is 2.48. The summed E-state index contributed by atoms with van der Waals surface area (Å²) < 4.78 is 6.71. The Kier molecular flexibility index (Phi) is 2.69. The molecule has 0 bridgehead atoms. The molecule has 0 aliphatic carbocycles. The number of benzene rings is 1. The van der Waals surface area contributed by atoms with Crippen molar-refractivity contribution in [3.8, 4) is 17.0 Å². The molecule has 0 saturated heterocycles. The predicted molar refractivity (Wildman–Crippen MR) is 83.1 cm³/mol. The lowest BCUT2D eigenvalue weighted by atomic mass is 10.1. The summed E-state index contributed by atoms with van der Waals surface area (Å²) >= 11 is 0. The van der Waals surface area contributed by atoms with Crippen LogP contribution in [0.3, 0.4) is 0 Å². The van der Waals surface area contributed by atoms with E-state index >= 15 is 0 Å². The molecule has 0 aliphatic rings. The largest absolute Gasteiger partial charge is 0.497 e. The second kappa shape index (κ2) is 4.70. The van der Waals surface area contributed by atoms with Crippen LogP contribution in [0.1, 0.15) is 0 Å². The molecule has 0 spiro atoms. The summed E-state index contributed by atoms with van der Waals surface area (Å²) in [5, 5.41) is 0. The molecule has 0 radical (unpaired) electrons. The van der Waals surface area contributed by atoms with E-state index in [0.717, 1.165) is 11.3 Å². The van der Waals surface area contributed by atoms with Gasteiger partial charge in [-0.05, 0) is 24.3 Å². The molecule has 3 aromatic heterocycles. The van der Waals surface area contributed by atoms with Crippen molar-refractivity contribution in [1.29, 1.82) is 0 Å². The number of nitrogens with one attached hydrogen (secondary N) is 1. The van der Waals surface area contributed by atoms with Crippen LogP contribution in [0.25, 0.3) is 27.9 Å². The highest BCUT2D eigenvalue weighted by molar-refractivity contribution is 5.88.